The molecule has 0 amide bonds. The minimum absolute atomic E-state index is 0.136. The number of pyridine rings is 1. The predicted molar refractivity (Wildman–Crippen MR) is 74.6 cm³/mol. The molecule has 0 aliphatic carbocycles. The first-order valence-corrected chi connectivity index (χ1v) is 7.50. The van der Waals surface area contributed by atoms with Gasteiger partial charge in [0.2, 0.25) is 0 Å². The molecule has 0 fully saturated rings. The SMILES string of the molecule is O=Cc1ncc(CN2CCc3ncsc3C2)cc1C(F)(F)F. The molecule has 0 radical (unpaired) electrons. The van der Waals surface area contributed by atoms with E-state index >= 15 is 0 Å². The number of carbonyl (C=O) groups is 1. The number of aldehydes is 1. The first-order valence-electron chi connectivity index (χ1n) is 6.62. The third kappa shape index (κ3) is 3.02. The molecule has 0 atom stereocenters. The quantitative estimate of drug-likeness (QED) is 0.813. The molecule has 0 N–H and O–H groups in total. The third-order valence-electron chi connectivity index (χ3n) is 3.56. The second kappa shape index (κ2) is 5.77. The number of carbonyl (C=O) groups excluding carboxylic acids is 1. The number of rotatable bonds is 3. The van der Waals surface area contributed by atoms with E-state index in [4.69, 9.17) is 0 Å². The summed E-state index contributed by atoms with van der Waals surface area (Å²) in [5.41, 5.74) is 1.77. The number of nitrogens with zero attached hydrogens (tertiary/aromatic N) is 3. The van der Waals surface area contributed by atoms with E-state index in [1.165, 1.54) is 6.20 Å². The molecule has 1 aliphatic heterocycles. The minimum Gasteiger partial charge on any atom is -0.296 e. The fraction of sp³-hybridized carbons (Fsp3) is 0.357. The number of alkyl halides is 3. The standard InChI is InChI=1S/C14H12F3N3OS/c15-14(16,17)10-3-9(4-18-12(10)7-21)5-20-2-1-11-13(6-20)22-8-19-11/h3-4,7-8H,1-2,5-6H2. The molecule has 22 heavy (non-hydrogen) atoms. The van der Waals surface area contributed by atoms with Gasteiger partial charge in [-0.25, -0.2) is 4.98 Å². The number of fused-ring (bicyclic) bond motifs is 1. The molecule has 0 saturated heterocycles. The normalized spacial score (nSPS) is 15.6. The van der Waals surface area contributed by atoms with Crippen LogP contribution in [0.1, 0.15) is 32.2 Å². The van der Waals surface area contributed by atoms with Gasteiger partial charge < -0.3 is 0 Å². The van der Waals surface area contributed by atoms with Crippen molar-refractivity contribution in [3.05, 3.63) is 45.2 Å². The highest BCUT2D eigenvalue weighted by molar-refractivity contribution is 7.09. The van der Waals surface area contributed by atoms with E-state index in [0.29, 0.717) is 18.7 Å². The van der Waals surface area contributed by atoms with Gasteiger partial charge in [-0.15, -0.1) is 11.3 Å². The van der Waals surface area contributed by atoms with E-state index in [1.54, 1.807) is 16.8 Å². The first kappa shape index (κ1) is 15.1. The van der Waals surface area contributed by atoms with Crippen LogP contribution in [0, 0.1) is 0 Å². The topological polar surface area (TPSA) is 46.1 Å². The fourth-order valence-corrected chi connectivity index (χ4v) is 3.35. The highest BCUT2D eigenvalue weighted by atomic mass is 32.1. The lowest BCUT2D eigenvalue weighted by molar-refractivity contribution is -0.138. The monoisotopic (exact) mass is 327 g/mol. The molecule has 8 heteroatoms. The molecule has 3 rings (SSSR count). The van der Waals surface area contributed by atoms with Gasteiger partial charge in [0.1, 0.15) is 5.69 Å². The molecular weight excluding hydrogens is 315 g/mol. The molecule has 0 bridgehead atoms. The van der Waals surface area contributed by atoms with Crippen molar-refractivity contribution in [3.8, 4) is 0 Å². The van der Waals surface area contributed by atoms with Gasteiger partial charge in [0.05, 0.1) is 16.8 Å². The van der Waals surface area contributed by atoms with Gasteiger partial charge in [-0.05, 0) is 11.6 Å². The second-order valence-corrected chi connectivity index (χ2v) is 6.01. The van der Waals surface area contributed by atoms with Crippen molar-refractivity contribution in [1.29, 1.82) is 0 Å². The summed E-state index contributed by atoms with van der Waals surface area (Å²) in [6.45, 7) is 1.79. The van der Waals surface area contributed by atoms with Crippen molar-refractivity contribution in [2.45, 2.75) is 25.7 Å². The number of hydrogen-bond acceptors (Lipinski definition) is 5. The van der Waals surface area contributed by atoms with E-state index in [0.717, 1.165) is 29.6 Å². The van der Waals surface area contributed by atoms with Gasteiger partial charge in [-0.3, -0.25) is 14.7 Å². The van der Waals surface area contributed by atoms with Crippen LogP contribution < -0.4 is 0 Å². The molecule has 0 aromatic carbocycles. The zero-order valence-electron chi connectivity index (χ0n) is 11.4. The minimum atomic E-state index is -4.58. The molecular formula is C14H12F3N3OS. The molecule has 4 nitrogen and oxygen atoms in total. The molecule has 2 aromatic heterocycles. The molecule has 2 aromatic rings. The van der Waals surface area contributed by atoms with E-state index in [2.05, 4.69) is 14.9 Å². The Hall–Kier alpha value is -1.80. The molecule has 0 saturated carbocycles. The van der Waals surface area contributed by atoms with Crippen LogP contribution in [0.5, 0.6) is 0 Å². The van der Waals surface area contributed by atoms with Crippen molar-refractivity contribution < 1.29 is 18.0 Å². The van der Waals surface area contributed by atoms with Gasteiger partial charge in [0.15, 0.2) is 6.29 Å². The zero-order valence-corrected chi connectivity index (χ0v) is 12.2. The molecule has 3 heterocycles. The van der Waals surface area contributed by atoms with Crippen LogP contribution in [-0.4, -0.2) is 27.7 Å². The average Bonchev–Trinajstić information content (AvgIpc) is 2.94. The Balaban J connectivity index is 1.80. The Morgan fingerprint density at radius 2 is 2.18 bits per heavy atom. The Bertz CT molecular complexity index is 699. The van der Waals surface area contributed by atoms with Crippen LogP contribution in [0.3, 0.4) is 0 Å². The van der Waals surface area contributed by atoms with E-state index in [9.17, 15) is 18.0 Å². The van der Waals surface area contributed by atoms with Crippen molar-refractivity contribution in [2.75, 3.05) is 6.54 Å². The summed E-state index contributed by atoms with van der Waals surface area (Å²) in [5.74, 6) is 0. The lowest BCUT2D eigenvalue weighted by atomic mass is 10.1. The largest absolute Gasteiger partial charge is 0.418 e. The lowest BCUT2D eigenvalue weighted by Gasteiger charge is -2.26. The zero-order chi connectivity index (χ0) is 15.7. The highest BCUT2D eigenvalue weighted by Gasteiger charge is 2.34. The smallest absolute Gasteiger partial charge is 0.296 e. The maximum atomic E-state index is 12.9. The van der Waals surface area contributed by atoms with Gasteiger partial charge in [0.25, 0.3) is 0 Å². The third-order valence-corrected chi connectivity index (χ3v) is 4.42. The summed E-state index contributed by atoms with van der Waals surface area (Å²) in [4.78, 5) is 21.8. The van der Waals surface area contributed by atoms with Gasteiger partial charge >= 0.3 is 6.18 Å². The van der Waals surface area contributed by atoms with Crippen LogP contribution in [0.25, 0.3) is 0 Å². The second-order valence-electron chi connectivity index (χ2n) is 5.07. The highest BCUT2D eigenvalue weighted by Crippen LogP contribution is 2.31. The Morgan fingerprint density at radius 1 is 1.36 bits per heavy atom. The molecule has 1 aliphatic rings. The number of hydrogen-bond donors (Lipinski definition) is 0. The summed E-state index contributed by atoms with van der Waals surface area (Å²) in [6, 6.07) is 1.01. The summed E-state index contributed by atoms with van der Waals surface area (Å²) in [7, 11) is 0. The van der Waals surface area contributed by atoms with Crippen molar-refractivity contribution in [3.63, 3.8) is 0 Å². The Morgan fingerprint density at radius 3 is 2.91 bits per heavy atom. The summed E-state index contributed by atoms with van der Waals surface area (Å²) in [6.07, 6.45) is -2.31. The predicted octanol–water partition coefficient (Wildman–Crippen LogP) is 2.93. The Labute approximate surface area is 128 Å². The van der Waals surface area contributed by atoms with Crippen LogP contribution in [0.2, 0.25) is 0 Å². The van der Waals surface area contributed by atoms with Gasteiger partial charge in [-0.1, -0.05) is 0 Å². The van der Waals surface area contributed by atoms with Crippen molar-refractivity contribution in [2.24, 2.45) is 0 Å². The first-order chi connectivity index (χ1) is 10.5. The maximum absolute atomic E-state index is 12.9. The van der Waals surface area contributed by atoms with E-state index in [-0.39, 0.29) is 6.29 Å². The van der Waals surface area contributed by atoms with Crippen molar-refractivity contribution in [1.82, 2.24) is 14.9 Å². The van der Waals surface area contributed by atoms with Gasteiger partial charge in [-0.2, -0.15) is 13.2 Å². The van der Waals surface area contributed by atoms with E-state index < -0.39 is 17.4 Å². The fourth-order valence-electron chi connectivity index (χ4n) is 2.49. The summed E-state index contributed by atoms with van der Waals surface area (Å²) >= 11 is 1.56. The summed E-state index contributed by atoms with van der Waals surface area (Å²) < 4.78 is 38.8. The molecule has 116 valence electrons. The summed E-state index contributed by atoms with van der Waals surface area (Å²) in [5, 5.41) is 0. The van der Waals surface area contributed by atoms with Crippen LogP contribution >= 0.6 is 11.3 Å². The van der Waals surface area contributed by atoms with Crippen LogP contribution in [0.4, 0.5) is 13.2 Å². The van der Waals surface area contributed by atoms with Crippen molar-refractivity contribution >= 4 is 17.6 Å². The molecule has 0 spiro atoms. The molecule has 0 unspecified atom stereocenters. The van der Waals surface area contributed by atoms with Crippen LogP contribution in [0.15, 0.2) is 17.8 Å². The number of aromatic nitrogens is 2. The van der Waals surface area contributed by atoms with Gasteiger partial charge in [0, 0.05) is 37.1 Å². The Kier molecular flexibility index (Phi) is 3.96. The van der Waals surface area contributed by atoms with Crippen LogP contribution in [-0.2, 0) is 25.7 Å². The number of thiazole rings is 1. The maximum Gasteiger partial charge on any atom is 0.418 e. The lowest BCUT2D eigenvalue weighted by Crippen LogP contribution is -2.29. The number of halogens is 3. The average molecular weight is 327 g/mol. The van der Waals surface area contributed by atoms with E-state index in [1.807, 2.05) is 0 Å².